The van der Waals surface area contributed by atoms with Gasteiger partial charge in [0.1, 0.15) is 5.75 Å². The number of rotatable bonds is 9. The number of carboxylic acid groups (broad SMARTS) is 2. The van der Waals surface area contributed by atoms with Crippen molar-refractivity contribution in [2.45, 2.75) is 44.4 Å². The van der Waals surface area contributed by atoms with Crippen molar-refractivity contribution in [3.8, 4) is 5.75 Å². The lowest BCUT2D eigenvalue weighted by Crippen LogP contribution is -2.43. The predicted molar refractivity (Wildman–Crippen MR) is 133 cm³/mol. The lowest BCUT2D eigenvalue weighted by Gasteiger charge is -2.44. The quantitative estimate of drug-likeness (QED) is 0.313. The van der Waals surface area contributed by atoms with E-state index in [1.54, 1.807) is 12.1 Å². The molecule has 11 heteroatoms. The first-order chi connectivity index (χ1) is 18.6. The molecule has 6 unspecified atom stereocenters. The van der Waals surface area contributed by atoms with Crippen molar-refractivity contribution in [3.05, 3.63) is 41.5 Å². The van der Waals surface area contributed by atoms with E-state index in [4.69, 9.17) is 10.2 Å². The van der Waals surface area contributed by atoms with E-state index in [1.807, 2.05) is 6.08 Å². The number of aromatic hydroxyl groups is 1. The lowest BCUT2D eigenvalue weighted by atomic mass is 9.57. The van der Waals surface area contributed by atoms with Crippen molar-refractivity contribution in [1.82, 2.24) is 9.80 Å². The number of hydrogen-bond donors (Lipinski definition) is 3. The number of benzene rings is 1. The highest BCUT2D eigenvalue weighted by molar-refractivity contribution is 6.08. The Labute approximate surface area is 224 Å². The molecule has 3 fully saturated rings. The Hall–Kier alpha value is -4.02. The molecular weight excluding hydrogens is 508 g/mol. The van der Waals surface area contributed by atoms with Crippen LogP contribution in [0.15, 0.2) is 35.9 Å². The number of imide groups is 2. The fraction of sp³-hybridized carbons (Fsp3) is 0.500. The smallest absolute Gasteiger partial charge is 0.303 e. The van der Waals surface area contributed by atoms with E-state index in [9.17, 15) is 33.9 Å². The predicted octanol–water partition coefficient (Wildman–Crippen LogP) is 1.76. The fourth-order valence-corrected chi connectivity index (χ4v) is 6.99. The largest absolute Gasteiger partial charge is 0.508 e. The van der Waals surface area contributed by atoms with Crippen LogP contribution in [0.1, 0.15) is 50.0 Å². The number of carbonyl (C=O) groups excluding carboxylic acids is 4. The van der Waals surface area contributed by atoms with Crippen LogP contribution in [-0.2, 0) is 28.8 Å². The maximum atomic E-state index is 13.6. The zero-order valence-electron chi connectivity index (χ0n) is 21.2. The topological polar surface area (TPSA) is 170 Å². The Morgan fingerprint density at radius 2 is 1.28 bits per heavy atom. The summed E-state index contributed by atoms with van der Waals surface area (Å²) in [5, 5.41) is 27.8. The number of carboxylic acids is 2. The molecule has 2 aliphatic carbocycles. The molecular formula is C28H30N2O9. The summed E-state index contributed by atoms with van der Waals surface area (Å²) in [6.07, 6.45) is 2.36. The van der Waals surface area contributed by atoms with Gasteiger partial charge < -0.3 is 15.3 Å². The van der Waals surface area contributed by atoms with E-state index < -0.39 is 53.4 Å². The van der Waals surface area contributed by atoms with Crippen molar-refractivity contribution < 1.29 is 44.1 Å². The molecule has 4 aliphatic rings. The number of fused-ring (bicyclic) bond motifs is 4. The summed E-state index contributed by atoms with van der Waals surface area (Å²) < 4.78 is 0. The summed E-state index contributed by atoms with van der Waals surface area (Å²) >= 11 is 0. The third-order valence-corrected chi connectivity index (χ3v) is 8.63. The van der Waals surface area contributed by atoms with E-state index in [2.05, 4.69) is 0 Å². The molecule has 2 saturated heterocycles. The maximum absolute atomic E-state index is 13.6. The minimum Gasteiger partial charge on any atom is -0.508 e. The Kier molecular flexibility index (Phi) is 7.00. The first-order valence-corrected chi connectivity index (χ1v) is 13.2. The molecule has 5 rings (SSSR count). The van der Waals surface area contributed by atoms with E-state index in [1.165, 1.54) is 12.1 Å². The third kappa shape index (κ3) is 4.59. The molecule has 0 bridgehead atoms. The second-order valence-electron chi connectivity index (χ2n) is 10.8. The first-order valence-electron chi connectivity index (χ1n) is 13.2. The molecule has 6 atom stereocenters. The number of likely N-dealkylation sites (tertiary alicyclic amines) is 2. The number of phenolic OH excluding ortho intramolecular Hbond substituents is 1. The van der Waals surface area contributed by atoms with Crippen LogP contribution in [0.4, 0.5) is 0 Å². The van der Waals surface area contributed by atoms with Crippen LogP contribution < -0.4 is 0 Å². The minimum atomic E-state index is -1.02. The van der Waals surface area contributed by atoms with Crippen molar-refractivity contribution in [2.24, 2.45) is 29.6 Å². The van der Waals surface area contributed by atoms with Gasteiger partial charge in [-0.1, -0.05) is 23.8 Å². The number of amides is 4. The van der Waals surface area contributed by atoms with Gasteiger partial charge in [0.15, 0.2) is 0 Å². The van der Waals surface area contributed by atoms with Gasteiger partial charge in [-0.05, 0) is 49.3 Å². The van der Waals surface area contributed by atoms with Crippen LogP contribution in [0.3, 0.4) is 0 Å². The summed E-state index contributed by atoms with van der Waals surface area (Å²) in [5.74, 6) is -7.24. The number of hydrogen-bond acceptors (Lipinski definition) is 7. The maximum Gasteiger partial charge on any atom is 0.303 e. The van der Waals surface area contributed by atoms with Gasteiger partial charge in [0.25, 0.3) is 0 Å². The monoisotopic (exact) mass is 538 g/mol. The standard InChI is InChI=1S/C28H30N2O9/c31-15-7-5-14(6-8-15)22-16-9-10-17-23(27(38)29(25(17)36)11-1-3-20(32)33)18(16)13-19-24(22)28(39)30(26(19)37)12-2-4-21(34)35/h5-9,17-19,22-24,31H,1-4,10-13H2,(H,32,33)(H,34,35). The number of nitrogens with zero attached hydrogens (tertiary/aromatic N) is 2. The molecule has 2 aliphatic heterocycles. The second-order valence-corrected chi connectivity index (χ2v) is 10.8. The molecule has 2 heterocycles. The van der Waals surface area contributed by atoms with Crippen LogP contribution in [0.2, 0.25) is 0 Å². The normalized spacial score (nSPS) is 29.7. The first kappa shape index (κ1) is 26.6. The molecule has 1 aromatic rings. The number of aliphatic carboxylic acids is 2. The summed E-state index contributed by atoms with van der Waals surface area (Å²) in [6, 6.07) is 6.38. The van der Waals surface area contributed by atoms with Gasteiger partial charge in [0, 0.05) is 31.8 Å². The zero-order valence-corrected chi connectivity index (χ0v) is 21.2. The van der Waals surface area contributed by atoms with Gasteiger partial charge in [-0.3, -0.25) is 38.6 Å². The zero-order chi connectivity index (χ0) is 28.0. The number of allylic oxidation sites excluding steroid dienone is 2. The summed E-state index contributed by atoms with van der Waals surface area (Å²) in [7, 11) is 0. The molecule has 0 spiro atoms. The van der Waals surface area contributed by atoms with Gasteiger partial charge in [0.05, 0.1) is 23.7 Å². The average Bonchev–Trinajstić information content (AvgIpc) is 3.27. The Balaban J connectivity index is 1.49. The third-order valence-electron chi connectivity index (χ3n) is 8.63. The van der Waals surface area contributed by atoms with Crippen molar-refractivity contribution in [1.29, 1.82) is 0 Å². The van der Waals surface area contributed by atoms with Gasteiger partial charge in [-0.2, -0.15) is 0 Å². The Morgan fingerprint density at radius 3 is 1.85 bits per heavy atom. The SMILES string of the molecule is O=C(O)CCCN1C(=O)C2CC=C3C(CC4C(=O)N(CCCC(=O)O)C(=O)C4C3c3ccc(O)cc3)C2C1=O. The van der Waals surface area contributed by atoms with E-state index in [0.717, 1.165) is 15.4 Å². The van der Waals surface area contributed by atoms with Crippen molar-refractivity contribution >= 4 is 35.6 Å². The Morgan fingerprint density at radius 1 is 0.744 bits per heavy atom. The van der Waals surface area contributed by atoms with Gasteiger partial charge in [-0.15, -0.1) is 0 Å². The highest BCUT2D eigenvalue weighted by Crippen LogP contribution is 2.57. The van der Waals surface area contributed by atoms with Crippen LogP contribution in [0, 0.1) is 29.6 Å². The average molecular weight is 539 g/mol. The number of carbonyl (C=O) groups is 6. The molecule has 3 N–H and O–H groups in total. The minimum absolute atomic E-state index is 0.0101. The van der Waals surface area contributed by atoms with Gasteiger partial charge >= 0.3 is 11.9 Å². The molecule has 39 heavy (non-hydrogen) atoms. The summed E-state index contributed by atoms with van der Waals surface area (Å²) in [4.78, 5) is 78.1. The van der Waals surface area contributed by atoms with E-state index in [0.29, 0.717) is 12.0 Å². The van der Waals surface area contributed by atoms with Crippen molar-refractivity contribution in [3.63, 3.8) is 0 Å². The highest BCUT2D eigenvalue weighted by Gasteiger charge is 2.61. The molecule has 0 radical (unpaired) electrons. The number of phenols is 1. The van der Waals surface area contributed by atoms with Crippen LogP contribution in [-0.4, -0.2) is 73.8 Å². The molecule has 4 amide bonds. The summed E-state index contributed by atoms with van der Waals surface area (Å²) in [6.45, 7) is 0.00500. The van der Waals surface area contributed by atoms with Gasteiger partial charge in [-0.25, -0.2) is 0 Å². The van der Waals surface area contributed by atoms with Crippen molar-refractivity contribution in [2.75, 3.05) is 13.1 Å². The van der Waals surface area contributed by atoms with E-state index >= 15 is 0 Å². The summed E-state index contributed by atoms with van der Waals surface area (Å²) in [5.41, 5.74) is 1.53. The van der Waals surface area contributed by atoms with Crippen LogP contribution in [0.5, 0.6) is 5.75 Å². The second kappa shape index (κ2) is 10.3. The lowest BCUT2D eigenvalue weighted by molar-refractivity contribution is -0.143. The Bertz CT molecular complexity index is 1270. The molecule has 206 valence electrons. The van der Waals surface area contributed by atoms with Crippen LogP contribution >= 0.6 is 0 Å². The molecule has 11 nitrogen and oxygen atoms in total. The molecule has 1 saturated carbocycles. The van der Waals surface area contributed by atoms with Gasteiger partial charge in [0.2, 0.25) is 23.6 Å². The van der Waals surface area contributed by atoms with E-state index in [-0.39, 0.29) is 68.7 Å². The van der Waals surface area contributed by atoms with Crippen LogP contribution in [0.25, 0.3) is 0 Å². The molecule has 1 aromatic carbocycles. The fourth-order valence-electron chi connectivity index (χ4n) is 6.99. The molecule has 0 aromatic heterocycles. The highest BCUT2D eigenvalue weighted by atomic mass is 16.4.